The fourth-order valence-electron chi connectivity index (χ4n) is 3.94. The molecule has 5 heteroatoms. The molecule has 1 saturated carbocycles. The van der Waals surface area contributed by atoms with Crippen LogP contribution in [0.15, 0.2) is 30.3 Å². The summed E-state index contributed by atoms with van der Waals surface area (Å²) in [4.78, 5) is 27.6. The normalized spacial score (nSPS) is 22.2. The highest BCUT2D eigenvalue weighted by molar-refractivity contribution is 5.91. The van der Waals surface area contributed by atoms with Gasteiger partial charge in [0.25, 0.3) is 0 Å². The first kappa shape index (κ1) is 17.9. The second-order valence-electron chi connectivity index (χ2n) is 7.09. The van der Waals surface area contributed by atoms with Crippen molar-refractivity contribution in [1.82, 2.24) is 10.2 Å². The minimum absolute atomic E-state index is 0.0104. The molecule has 0 aromatic heterocycles. The predicted octanol–water partition coefficient (Wildman–Crippen LogP) is 2.53. The number of amides is 2. The van der Waals surface area contributed by atoms with E-state index in [1.165, 1.54) is 0 Å². The van der Waals surface area contributed by atoms with Crippen LogP contribution >= 0.6 is 0 Å². The van der Waals surface area contributed by atoms with Gasteiger partial charge in [0.2, 0.25) is 11.8 Å². The minimum Gasteiger partial charge on any atom is -0.381 e. The molecule has 1 N–H and O–H groups in total. The lowest BCUT2D eigenvalue weighted by atomic mass is 9.93. The first-order valence-electron chi connectivity index (χ1n) is 9.33. The van der Waals surface area contributed by atoms with E-state index in [0.717, 1.165) is 38.0 Å². The molecule has 2 atom stereocenters. The summed E-state index contributed by atoms with van der Waals surface area (Å²) in [5.74, 6) is -0.00500. The number of hydrogen-bond donors (Lipinski definition) is 1. The van der Waals surface area contributed by atoms with Gasteiger partial charge in [-0.2, -0.15) is 0 Å². The van der Waals surface area contributed by atoms with Gasteiger partial charge < -0.3 is 15.0 Å². The average Bonchev–Trinajstić information content (AvgIpc) is 3.34. The average molecular weight is 344 g/mol. The van der Waals surface area contributed by atoms with Gasteiger partial charge in [-0.15, -0.1) is 0 Å². The maximum atomic E-state index is 12.9. The van der Waals surface area contributed by atoms with Crippen molar-refractivity contribution < 1.29 is 14.3 Å². The van der Waals surface area contributed by atoms with Crippen LogP contribution in [-0.2, 0) is 14.3 Å². The SMILES string of the molecule is CCN(CC)C(=O)[C@@H](NC(=O)[C@@H]1CC12CCOCC2)c1ccccc1. The summed E-state index contributed by atoms with van der Waals surface area (Å²) in [6.07, 6.45) is 2.82. The fourth-order valence-corrected chi connectivity index (χ4v) is 3.94. The summed E-state index contributed by atoms with van der Waals surface area (Å²) in [6, 6.07) is 8.93. The summed E-state index contributed by atoms with van der Waals surface area (Å²) in [7, 11) is 0. The quantitative estimate of drug-likeness (QED) is 0.863. The zero-order valence-corrected chi connectivity index (χ0v) is 15.2. The van der Waals surface area contributed by atoms with E-state index >= 15 is 0 Å². The Morgan fingerprint density at radius 2 is 1.84 bits per heavy atom. The zero-order chi connectivity index (χ0) is 17.9. The summed E-state index contributed by atoms with van der Waals surface area (Å²) in [6.45, 7) is 6.68. The Kier molecular flexibility index (Phi) is 5.42. The van der Waals surface area contributed by atoms with E-state index in [1.54, 1.807) is 4.90 Å². The van der Waals surface area contributed by atoms with E-state index in [2.05, 4.69) is 5.32 Å². The molecule has 1 saturated heterocycles. The number of ether oxygens (including phenoxy) is 1. The minimum atomic E-state index is -0.605. The fraction of sp³-hybridized carbons (Fsp3) is 0.600. The third kappa shape index (κ3) is 3.71. The zero-order valence-electron chi connectivity index (χ0n) is 15.2. The first-order valence-corrected chi connectivity index (χ1v) is 9.33. The van der Waals surface area contributed by atoms with Gasteiger partial charge in [0.15, 0.2) is 0 Å². The van der Waals surface area contributed by atoms with Crippen LogP contribution in [0.4, 0.5) is 0 Å². The van der Waals surface area contributed by atoms with Crippen LogP contribution in [0.5, 0.6) is 0 Å². The molecular formula is C20H28N2O3. The monoisotopic (exact) mass is 344 g/mol. The maximum Gasteiger partial charge on any atom is 0.249 e. The lowest BCUT2D eigenvalue weighted by Crippen LogP contribution is -2.43. The highest BCUT2D eigenvalue weighted by Gasteiger charge is 2.58. The molecule has 0 bridgehead atoms. The largest absolute Gasteiger partial charge is 0.381 e. The number of nitrogens with zero attached hydrogens (tertiary/aromatic N) is 1. The summed E-state index contributed by atoms with van der Waals surface area (Å²) in [5, 5.41) is 3.04. The number of likely N-dealkylation sites (N-methyl/N-ethyl adjacent to an activating group) is 1. The van der Waals surface area contributed by atoms with Gasteiger partial charge in [0, 0.05) is 32.2 Å². The van der Waals surface area contributed by atoms with Crippen molar-refractivity contribution in [3.63, 3.8) is 0 Å². The molecule has 0 unspecified atom stereocenters. The number of carbonyl (C=O) groups excluding carboxylic acids is 2. The Bertz CT molecular complexity index is 607. The molecule has 0 radical (unpaired) electrons. The van der Waals surface area contributed by atoms with E-state index in [1.807, 2.05) is 44.2 Å². The number of nitrogens with one attached hydrogen (secondary N) is 1. The third-order valence-electron chi connectivity index (χ3n) is 5.74. The van der Waals surface area contributed by atoms with Crippen LogP contribution in [0.2, 0.25) is 0 Å². The van der Waals surface area contributed by atoms with Gasteiger partial charge in [-0.1, -0.05) is 30.3 Å². The Balaban J connectivity index is 1.74. The number of benzene rings is 1. The number of hydrogen-bond acceptors (Lipinski definition) is 3. The van der Waals surface area contributed by atoms with Crippen LogP contribution in [0, 0.1) is 11.3 Å². The van der Waals surface area contributed by atoms with Crippen LogP contribution in [0.1, 0.15) is 44.7 Å². The van der Waals surface area contributed by atoms with Gasteiger partial charge in [0.05, 0.1) is 0 Å². The first-order chi connectivity index (χ1) is 12.1. The molecule has 1 heterocycles. The highest BCUT2D eigenvalue weighted by Crippen LogP contribution is 2.59. The second kappa shape index (κ2) is 7.56. The van der Waals surface area contributed by atoms with E-state index in [-0.39, 0.29) is 23.1 Å². The van der Waals surface area contributed by atoms with Crippen LogP contribution in [-0.4, -0.2) is 43.0 Å². The molecule has 136 valence electrons. The topological polar surface area (TPSA) is 58.6 Å². The van der Waals surface area contributed by atoms with E-state index in [0.29, 0.717) is 13.1 Å². The van der Waals surface area contributed by atoms with Crippen molar-refractivity contribution >= 4 is 11.8 Å². The van der Waals surface area contributed by atoms with Crippen molar-refractivity contribution in [2.45, 2.75) is 39.2 Å². The van der Waals surface area contributed by atoms with Gasteiger partial charge >= 0.3 is 0 Å². The van der Waals surface area contributed by atoms with Crippen LogP contribution < -0.4 is 5.32 Å². The molecule has 25 heavy (non-hydrogen) atoms. The van der Waals surface area contributed by atoms with E-state index in [9.17, 15) is 9.59 Å². The smallest absolute Gasteiger partial charge is 0.249 e. The third-order valence-corrected chi connectivity index (χ3v) is 5.74. The van der Waals surface area contributed by atoms with Gasteiger partial charge in [-0.25, -0.2) is 0 Å². The van der Waals surface area contributed by atoms with Crippen molar-refractivity contribution in [2.75, 3.05) is 26.3 Å². The molecule has 2 fully saturated rings. The lowest BCUT2D eigenvalue weighted by molar-refractivity contribution is -0.137. The highest BCUT2D eigenvalue weighted by atomic mass is 16.5. The molecule has 2 aliphatic rings. The Morgan fingerprint density at radius 1 is 1.20 bits per heavy atom. The number of carbonyl (C=O) groups is 2. The molecule has 3 rings (SSSR count). The van der Waals surface area contributed by atoms with Gasteiger partial charge in [-0.3, -0.25) is 9.59 Å². The van der Waals surface area contributed by atoms with Crippen molar-refractivity contribution in [3.05, 3.63) is 35.9 Å². The molecule has 1 aromatic carbocycles. The van der Waals surface area contributed by atoms with E-state index < -0.39 is 6.04 Å². The number of rotatable bonds is 6. The lowest BCUT2D eigenvalue weighted by Gasteiger charge is -2.27. The van der Waals surface area contributed by atoms with E-state index in [4.69, 9.17) is 4.74 Å². The molecule has 5 nitrogen and oxygen atoms in total. The Hall–Kier alpha value is -1.88. The standard InChI is InChI=1S/C20H28N2O3/c1-3-22(4-2)19(24)17(15-8-6-5-7-9-15)21-18(23)16-14-20(16)10-12-25-13-11-20/h5-9,16-17H,3-4,10-14H2,1-2H3,(H,21,23)/t16-,17-/m0/s1. The summed E-state index contributed by atoms with van der Waals surface area (Å²) in [5.41, 5.74) is 0.955. The van der Waals surface area contributed by atoms with Crippen molar-refractivity contribution in [2.24, 2.45) is 11.3 Å². The molecular weight excluding hydrogens is 316 g/mol. The van der Waals surface area contributed by atoms with Crippen LogP contribution in [0.25, 0.3) is 0 Å². The summed E-state index contributed by atoms with van der Waals surface area (Å²) >= 11 is 0. The Morgan fingerprint density at radius 3 is 2.44 bits per heavy atom. The molecule has 1 spiro atoms. The molecule has 1 aliphatic carbocycles. The summed E-state index contributed by atoms with van der Waals surface area (Å²) < 4.78 is 5.43. The molecule has 1 aromatic rings. The van der Waals surface area contributed by atoms with Crippen LogP contribution in [0.3, 0.4) is 0 Å². The second-order valence-corrected chi connectivity index (χ2v) is 7.09. The van der Waals surface area contributed by atoms with Gasteiger partial charge in [0.1, 0.15) is 6.04 Å². The Labute approximate surface area is 149 Å². The predicted molar refractivity (Wildman–Crippen MR) is 95.8 cm³/mol. The maximum absolute atomic E-state index is 12.9. The van der Waals surface area contributed by atoms with Gasteiger partial charge in [-0.05, 0) is 44.1 Å². The van der Waals surface area contributed by atoms with Crippen molar-refractivity contribution in [3.8, 4) is 0 Å². The molecule has 1 aliphatic heterocycles. The van der Waals surface area contributed by atoms with Crippen molar-refractivity contribution in [1.29, 1.82) is 0 Å². The molecule has 2 amide bonds.